The van der Waals surface area contributed by atoms with Gasteiger partial charge in [-0.25, -0.2) is 4.68 Å². The van der Waals surface area contributed by atoms with Crippen molar-refractivity contribution in [1.29, 1.82) is 0 Å². The number of ether oxygens (including phenoxy) is 1. The van der Waals surface area contributed by atoms with Crippen LogP contribution in [0, 0.1) is 6.92 Å². The van der Waals surface area contributed by atoms with Crippen LogP contribution in [-0.2, 0) is 25.8 Å². The quantitative estimate of drug-likeness (QED) is 0.802. The minimum Gasteiger partial charge on any atom is -0.466 e. The number of hydrogen-bond acceptors (Lipinski definition) is 5. The van der Waals surface area contributed by atoms with Gasteiger partial charge in [0.2, 0.25) is 5.91 Å². The fraction of sp³-hybridized carbons (Fsp3) is 0.389. The molecule has 25 heavy (non-hydrogen) atoms. The van der Waals surface area contributed by atoms with E-state index in [4.69, 9.17) is 4.74 Å². The highest BCUT2D eigenvalue weighted by Crippen LogP contribution is 2.36. The number of aromatic nitrogens is 2. The molecule has 0 atom stereocenters. The summed E-state index contributed by atoms with van der Waals surface area (Å²) in [6, 6.07) is 7.99. The maximum Gasteiger partial charge on any atom is 0.306 e. The molecule has 0 fully saturated rings. The van der Waals surface area contributed by atoms with Crippen molar-refractivity contribution in [2.24, 2.45) is 0 Å². The van der Waals surface area contributed by atoms with Gasteiger partial charge in [0, 0.05) is 23.5 Å². The van der Waals surface area contributed by atoms with Crippen LogP contribution in [0.15, 0.2) is 24.3 Å². The summed E-state index contributed by atoms with van der Waals surface area (Å²) in [6.45, 7) is 4.10. The average Bonchev–Trinajstić information content (AvgIpc) is 3.16. The Morgan fingerprint density at radius 1 is 1.32 bits per heavy atom. The molecule has 132 valence electrons. The van der Waals surface area contributed by atoms with Crippen LogP contribution in [0.4, 0.5) is 5.82 Å². The molecule has 0 saturated carbocycles. The summed E-state index contributed by atoms with van der Waals surface area (Å²) in [5, 5.41) is 7.62. The summed E-state index contributed by atoms with van der Waals surface area (Å²) in [5.41, 5.74) is 4.12. The number of thioether (sulfide) groups is 1. The van der Waals surface area contributed by atoms with E-state index < -0.39 is 0 Å². The Kier molecular flexibility index (Phi) is 5.43. The van der Waals surface area contributed by atoms with E-state index in [1.807, 2.05) is 31.2 Å². The second-order valence-corrected chi connectivity index (χ2v) is 6.86. The lowest BCUT2D eigenvalue weighted by atomic mass is 10.2. The van der Waals surface area contributed by atoms with Crippen LogP contribution in [0.1, 0.15) is 36.6 Å². The molecule has 0 bridgehead atoms. The van der Waals surface area contributed by atoms with Gasteiger partial charge in [-0.15, -0.1) is 0 Å². The van der Waals surface area contributed by atoms with Gasteiger partial charge < -0.3 is 10.1 Å². The van der Waals surface area contributed by atoms with Crippen molar-refractivity contribution in [2.45, 2.75) is 38.2 Å². The predicted octanol–water partition coefficient (Wildman–Crippen LogP) is 3.21. The number of amides is 1. The first-order valence-corrected chi connectivity index (χ1v) is 9.45. The zero-order chi connectivity index (χ0) is 17.8. The minimum atomic E-state index is -0.356. The van der Waals surface area contributed by atoms with E-state index in [2.05, 4.69) is 10.4 Å². The maximum absolute atomic E-state index is 12.3. The van der Waals surface area contributed by atoms with Gasteiger partial charge in [-0.2, -0.15) is 16.9 Å². The van der Waals surface area contributed by atoms with Crippen molar-refractivity contribution in [3.63, 3.8) is 0 Å². The Bertz CT molecular complexity index is 801. The van der Waals surface area contributed by atoms with Crippen LogP contribution in [0.3, 0.4) is 0 Å². The van der Waals surface area contributed by atoms with E-state index in [1.54, 1.807) is 23.4 Å². The van der Waals surface area contributed by atoms with Crippen molar-refractivity contribution in [1.82, 2.24) is 9.78 Å². The number of benzene rings is 1. The molecule has 7 heteroatoms. The van der Waals surface area contributed by atoms with Crippen molar-refractivity contribution < 1.29 is 14.3 Å². The summed E-state index contributed by atoms with van der Waals surface area (Å²) in [4.78, 5) is 23.7. The van der Waals surface area contributed by atoms with Gasteiger partial charge in [-0.3, -0.25) is 9.59 Å². The van der Waals surface area contributed by atoms with Crippen LogP contribution in [0.2, 0.25) is 0 Å². The molecule has 0 unspecified atom stereocenters. The number of carbonyl (C=O) groups excluding carboxylic acids is 2. The molecule has 2 heterocycles. The average molecular weight is 359 g/mol. The van der Waals surface area contributed by atoms with E-state index in [-0.39, 0.29) is 24.7 Å². The Hall–Kier alpha value is -2.28. The monoisotopic (exact) mass is 359 g/mol. The molecular formula is C18H21N3O3S. The SMILES string of the molecule is CCOC(=O)CCC(=O)Nc1c2c(nn1-c1cccc(C)c1)CSC2. The Balaban J connectivity index is 1.80. The van der Waals surface area contributed by atoms with E-state index in [0.717, 1.165) is 34.0 Å². The number of nitrogens with one attached hydrogen (secondary N) is 1. The summed E-state index contributed by atoms with van der Waals surface area (Å²) in [6.07, 6.45) is 0.176. The molecule has 1 aliphatic heterocycles. The molecule has 0 saturated heterocycles. The number of rotatable bonds is 6. The highest BCUT2D eigenvalue weighted by Gasteiger charge is 2.24. The van der Waals surface area contributed by atoms with Gasteiger partial charge in [0.25, 0.3) is 0 Å². The van der Waals surface area contributed by atoms with Gasteiger partial charge in [0.1, 0.15) is 5.82 Å². The third kappa shape index (κ3) is 4.04. The number of esters is 1. The second-order valence-electron chi connectivity index (χ2n) is 5.87. The number of fused-ring (bicyclic) bond motifs is 1. The predicted molar refractivity (Wildman–Crippen MR) is 97.8 cm³/mol. The summed E-state index contributed by atoms with van der Waals surface area (Å²) in [5.74, 6) is 1.82. The van der Waals surface area contributed by atoms with E-state index >= 15 is 0 Å². The van der Waals surface area contributed by atoms with Crippen molar-refractivity contribution >= 4 is 29.5 Å². The van der Waals surface area contributed by atoms with Gasteiger partial charge in [0.15, 0.2) is 0 Å². The Labute approximate surface area is 150 Å². The van der Waals surface area contributed by atoms with E-state index in [0.29, 0.717) is 12.4 Å². The topological polar surface area (TPSA) is 73.2 Å². The zero-order valence-electron chi connectivity index (χ0n) is 14.4. The largest absolute Gasteiger partial charge is 0.466 e. The van der Waals surface area contributed by atoms with Gasteiger partial charge in [-0.1, -0.05) is 12.1 Å². The maximum atomic E-state index is 12.3. The number of aryl methyl sites for hydroxylation is 1. The van der Waals surface area contributed by atoms with E-state index in [1.165, 1.54) is 0 Å². The lowest BCUT2D eigenvalue weighted by Gasteiger charge is -2.11. The van der Waals surface area contributed by atoms with Gasteiger partial charge in [-0.05, 0) is 31.5 Å². The molecule has 0 aliphatic carbocycles. The van der Waals surface area contributed by atoms with Gasteiger partial charge >= 0.3 is 5.97 Å². The van der Waals surface area contributed by atoms with E-state index in [9.17, 15) is 9.59 Å². The molecule has 6 nitrogen and oxygen atoms in total. The van der Waals surface area contributed by atoms with Crippen LogP contribution in [-0.4, -0.2) is 28.3 Å². The lowest BCUT2D eigenvalue weighted by molar-refractivity contribution is -0.144. The molecule has 1 aromatic heterocycles. The number of nitrogens with zero attached hydrogens (tertiary/aromatic N) is 2. The Morgan fingerprint density at radius 2 is 2.16 bits per heavy atom. The molecule has 1 aromatic carbocycles. The van der Waals surface area contributed by atoms with Crippen molar-refractivity contribution in [3.05, 3.63) is 41.1 Å². The molecule has 0 radical (unpaired) electrons. The third-order valence-corrected chi connectivity index (χ3v) is 4.89. The highest BCUT2D eigenvalue weighted by molar-refractivity contribution is 7.98. The molecule has 0 spiro atoms. The molecule has 2 aromatic rings. The van der Waals surface area contributed by atoms with Gasteiger partial charge in [0.05, 0.1) is 24.4 Å². The number of hydrogen-bond donors (Lipinski definition) is 1. The highest BCUT2D eigenvalue weighted by atomic mass is 32.2. The van der Waals surface area contributed by atoms with Crippen LogP contribution in [0.25, 0.3) is 5.69 Å². The normalized spacial score (nSPS) is 12.7. The second kappa shape index (κ2) is 7.74. The first-order chi connectivity index (χ1) is 12.1. The molecule has 1 N–H and O–H groups in total. The third-order valence-electron chi connectivity index (χ3n) is 3.92. The Morgan fingerprint density at radius 3 is 2.92 bits per heavy atom. The first-order valence-electron chi connectivity index (χ1n) is 8.29. The molecule has 1 aliphatic rings. The fourth-order valence-electron chi connectivity index (χ4n) is 2.73. The van der Waals surface area contributed by atoms with Crippen LogP contribution >= 0.6 is 11.8 Å². The smallest absolute Gasteiger partial charge is 0.306 e. The molecule has 1 amide bonds. The standard InChI is InChI=1S/C18H21N3O3S/c1-3-24-17(23)8-7-16(22)19-18-14-10-25-11-15(14)20-21(18)13-6-4-5-12(2)9-13/h4-6,9H,3,7-8,10-11H2,1-2H3,(H,19,22). The number of carbonyl (C=O) groups is 2. The molecular weight excluding hydrogens is 338 g/mol. The van der Waals surface area contributed by atoms with Crippen LogP contribution in [0.5, 0.6) is 0 Å². The lowest BCUT2D eigenvalue weighted by Crippen LogP contribution is -2.17. The summed E-state index contributed by atoms with van der Waals surface area (Å²) >= 11 is 1.78. The summed E-state index contributed by atoms with van der Waals surface area (Å²) in [7, 11) is 0. The summed E-state index contributed by atoms with van der Waals surface area (Å²) < 4.78 is 6.66. The van der Waals surface area contributed by atoms with Crippen molar-refractivity contribution in [3.8, 4) is 5.69 Å². The minimum absolute atomic E-state index is 0.0786. The molecule has 3 rings (SSSR count). The zero-order valence-corrected chi connectivity index (χ0v) is 15.2. The first kappa shape index (κ1) is 17.5. The number of anilines is 1. The van der Waals surface area contributed by atoms with Crippen molar-refractivity contribution in [2.75, 3.05) is 11.9 Å². The fourth-order valence-corrected chi connectivity index (χ4v) is 3.77. The van der Waals surface area contributed by atoms with Crippen LogP contribution < -0.4 is 5.32 Å².